The van der Waals surface area contributed by atoms with E-state index in [1.54, 1.807) is 7.11 Å². The first kappa shape index (κ1) is 16.9. The lowest BCUT2D eigenvalue weighted by Crippen LogP contribution is -2.20. The van der Waals surface area contributed by atoms with E-state index in [1.807, 2.05) is 18.2 Å². The molecule has 1 atom stereocenters. The third-order valence-corrected chi connectivity index (χ3v) is 5.23. The average Bonchev–Trinajstić information content (AvgIpc) is 3.28. The summed E-state index contributed by atoms with van der Waals surface area (Å²) in [7, 11) is 5.84. The SMILES string of the molecule is COc1ccc2nc([C@H]3CCN(Cc4ccc(N(C)C)cc4)C3)[nH]c2c1. The Morgan fingerprint density at radius 2 is 2.00 bits per heavy atom. The number of fused-ring (bicyclic) bond motifs is 1. The maximum absolute atomic E-state index is 5.30. The molecular weight excluding hydrogens is 324 g/mol. The van der Waals surface area contributed by atoms with Crippen LogP contribution in [0.4, 0.5) is 5.69 Å². The number of anilines is 1. The van der Waals surface area contributed by atoms with Crippen LogP contribution in [0.15, 0.2) is 42.5 Å². The van der Waals surface area contributed by atoms with Crippen LogP contribution >= 0.6 is 0 Å². The minimum atomic E-state index is 0.467. The van der Waals surface area contributed by atoms with Gasteiger partial charge in [-0.05, 0) is 42.8 Å². The second-order valence-electron chi connectivity index (χ2n) is 7.29. The van der Waals surface area contributed by atoms with Gasteiger partial charge in [0.05, 0.1) is 18.1 Å². The number of aromatic amines is 1. The highest BCUT2D eigenvalue weighted by molar-refractivity contribution is 5.76. The lowest BCUT2D eigenvalue weighted by Gasteiger charge is -2.17. The first-order valence-corrected chi connectivity index (χ1v) is 9.14. The zero-order valence-electron chi connectivity index (χ0n) is 15.7. The summed E-state index contributed by atoms with van der Waals surface area (Å²) < 4.78 is 5.30. The van der Waals surface area contributed by atoms with Gasteiger partial charge in [-0.15, -0.1) is 0 Å². The molecule has 0 aliphatic carbocycles. The molecule has 0 bridgehead atoms. The standard InChI is InChI=1S/C21H26N4O/c1-24(2)17-6-4-15(5-7-17)13-25-11-10-16(14-25)21-22-19-9-8-18(26-3)12-20(19)23-21/h4-9,12,16H,10-11,13-14H2,1-3H3,(H,22,23)/t16-/m0/s1. The van der Waals surface area contributed by atoms with Gasteiger partial charge in [-0.3, -0.25) is 4.90 Å². The second kappa shape index (κ2) is 7.00. The van der Waals surface area contributed by atoms with Crippen molar-refractivity contribution in [2.45, 2.75) is 18.9 Å². The molecule has 5 nitrogen and oxygen atoms in total. The predicted octanol–water partition coefficient (Wildman–Crippen LogP) is 3.63. The number of nitrogens with one attached hydrogen (secondary N) is 1. The topological polar surface area (TPSA) is 44.4 Å². The normalized spacial score (nSPS) is 17.7. The van der Waals surface area contributed by atoms with Crippen molar-refractivity contribution < 1.29 is 4.74 Å². The van der Waals surface area contributed by atoms with Crippen LogP contribution < -0.4 is 9.64 Å². The first-order chi connectivity index (χ1) is 12.6. The Balaban J connectivity index is 1.43. The van der Waals surface area contributed by atoms with Gasteiger partial charge in [-0.2, -0.15) is 0 Å². The fourth-order valence-corrected chi connectivity index (χ4v) is 3.69. The summed E-state index contributed by atoms with van der Waals surface area (Å²) >= 11 is 0. The molecule has 1 fully saturated rings. The summed E-state index contributed by atoms with van der Waals surface area (Å²) in [6.45, 7) is 3.16. The zero-order chi connectivity index (χ0) is 18.1. The molecule has 2 heterocycles. The van der Waals surface area contributed by atoms with Gasteiger partial charge >= 0.3 is 0 Å². The number of likely N-dealkylation sites (tertiary alicyclic amines) is 1. The minimum Gasteiger partial charge on any atom is -0.497 e. The number of H-pyrrole nitrogens is 1. The summed E-state index contributed by atoms with van der Waals surface area (Å²) in [6.07, 6.45) is 1.15. The smallest absolute Gasteiger partial charge is 0.121 e. The van der Waals surface area contributed by atoms with E-state index in [1.165, 1.54) is 11.3 Å². The van der Waals surface area contributed by atoms with Gasteiger partial charge in [0, 0.05) is 44.9 Å². The van der Waals surface area contributed by atoms with E-state index >= 15 is 0 Å². The molecule has 1 saturated heterocycles. The monoisotopic (exact) mass is 350 g/mol. The third kappa shape index (κ3) is 3.40. The summed E-state index contributed by atoms with van der Waals surface area (Å²) in [5.74, 6) is 2.43. The number of imidazole rings is 1. The van der Waals surface area contributed by atoms with Crippen molar-refractivity contribution in [1.82, 2.24) is 14.9 Å². The van der Waals surface area contributed by atoms with Crippen LogP contribution in [0.25, 0.3) is 11.0 Å². The predicted molar refractivity (Wildman–Crippen MR) is 106 cm³/mol. The van der Waals surface area contributed by atoms with Gasteiger partial charge in [0.25, 0.3) is 0 Å². The molecule has 1 aliphatic heterocycles. The lowest BCUT2D eigenvalue weighted by atomic mass is 10.1. The molecule has 0 unspecified atom stereocenters. The Hall–Kier alpha value is -2.53. The van der Waals surface area contributed by atoms with Gasteiger partial charge in [0.15, 0.2) is 0 Å². The molecule has 26 heavy (non-hydrogen) atoms. The molecule has 3 aromatic rings. The molecule has 0 saturated carbocycles. The van der Waals surface area contributed by atoms with Crippen molar-refractivity contribution >= 4 is 16.7 Å². The largest absolute Gasteiger partial charge is 0.497 e. The van der Waals surface area contributed by atoms with Crippen LogP contribution in [0.3, 0.4) is 0 Å². The third-order valence-electron chi connectivity index (χ3n) is 5.23. The zero-order valence-corrected chi connectivity index (χ0v) is 15.7. The Morgan fingerprint density at radius 3 is 2.73 bits per heavy atom. The van der Waals surface area contributed by atoms with Gasteiger partial charge in [-0.1, -0.05) is 12.1 Å². The fraction of sp³-hybridized carbons (Fsp3) is 0.381. The number of rotatable bonds is 5. The first-order valence-electron chi connectivity index (χ1n) is 9.14. The number of aromatic nitrogens is 2. The van der Waals surface area contributed by atoms with Crippen LogP contribution in [0.1, 0.15) is 23.7 Å². The maximum Gasteiger partial charge on any atom is 0.121 e. The van der Waals surface area contributed by atoms with E-state index in [4.69, 9.17) is 9.72 Å². The Bertz CT molecular complexity index is 885. The van der Waals surface area contributed by atoms with Crippen LogP contribution in [-0.4, -0.2) is 49.2 Å². The van der Waals surface area contributed by atoms with Crippen molar-refractivity contribution in [3.05, 3.63) is 53.9 Å². The summed E-state index contributed by atoms with van der Waals surface area (Å²) in [5, 5.41) is 0. The molecule has 0 amide bonds. The molecule has 0 spiro atoms. The Labute approximate surface area is 154 Å². The summed E-state index contributed by atoms with van der Waals surface area (Å²) in [6, 6.07) is 14.8. The number of ether oxygens (including phenoxy) is 1. The van der Waals surface area contributed by atoms with Gasteiger partial charge < -0.3 is 14.6 Å². The van der Waals surface area contributed by atoms with Crippen LogP contribution in [-0.2, 0) is 6.54 Å². The van der Waals surface area contributed by atoms with Crippen molar-refractivity contribution in [3.8, 4) is 5.75 Å². The van der Waals surface area contributed by atoms with E-state index in [0.29, 0.717) is 5.92 Å². The fourth-order valence-electron chi connectivity index (χ4n) is 3.69. The molecule has 1 aliphatic rings. The Morgan fingerprint density at radius 1 is 1.19 bits per heavy atom. The highest BCUT2D eigenvalue weighted by Crippen LogP contribution is 2.29. The van der Waals surface area contributed by atoms with Gasteiger partial charge in [0.2, 0.25) is 0 Å². The minimum absolute atomic E-state index is 0.467. The van der Waals surface area contributed by atoms with Crippen LogP contribution in [0.5, 0.6) is 5.75 Å². The molecule has 0 radical (unpaired) electrons. The summed E-state index contributed by atoms with van der Waals surface area (Å²) in [5.41, 5.74) is 4.67. The molecule has 5 heteroatoms. The lowest BCUT2D eigenvalue weighted by molar-refractivity contribution is 0.326. The number of methoxy groups -OCH3 is 1. The molecule has 1 aromatic heterocycles. The van der Waals surface area contributed by atoms with Crippen molar-refractivity contribution in [1.29, 1.82) is 0 Å². The van der Waals surface area contributed by atoms with E-state index < -0.39 is 0 Å². The van der Waals surface area contributed by atoms with Gasteiger partial charge in [0.1, 0.15) is 11.6 Å². The number of nitrogens with zero attached hydrogens (tertiary/aromatic N) is 3. The van der Waals surface area contributed by atoms with Crippen molar-refractivity contribution in [2.24, 2.45) is 0 Å². The molecular formula is C21H26N4O. The number of hydrogen-bond acceptors (Lipinski definition) is 4. The number of benzene rings is 2. The van der Waals surface area contributed by atoms with E-state index in [9.17, 15) is 0 Å². The second-order valence-corrected chi connectivity index (χ2v) is 7.29. The van der Waals surface area contributed by atoms with Crippen LogP contribution in [0, 0.1) is 0 Å². The maximum atomic E-state index is 5.30. The van der Waals surface area contributed by atoms with Crippen molar-refractivity contribution in [3.63, 3.8) is 0 Å². The average molecular weight is 350 g/mol. The quantitative estimate of drug-likeness (QED) is 0.763. The summed E-state index contributed by atoms with van der Waals surface area (Å²) in [4.78, 5) is 12.9. The van der Waals surface area contributed by atoms with Crippen molar-refractivity contribution in [2.75, 3.05) is 39.2 Å². The van der Waals surface area contributed by atoms with Crippen LogP contribution in [0.2, 0.25) is 0 Å². The highest BCUT2D eigenvalue weighted by atomic mass is 16.5. The molecule has 1 N–H and O–H groups in total. The van der Waals surface area contributed by atoms with Gasteiger partial charge in [-0.25, -0.2) is 4.98 Å². The Kier molecular flexibility index (Phi) is 4.55. The molecule has 4 rings (SSSR count). The highest BCUT2D eigenvalue weighted by Gasteiger charge is 2.26. The van der Waals surface area contributed by atoms with E-state index in [2.05, 4.69) is 53.1 Å². The molecule has 2 aromatic carbocycles. The number of hydrogen-bond donors (Lipinski definition) is 1. The molecule has 136 valence electrons. The van der Waals surface area contributed by atoms with E-state index in [-0.39, 0.29) is 0 Å². The van der Waals surface area contributed by atoms with E-state index in [0.717, 1.165) is 48.7 Å².